The van der Waals surface area contributed by atoms with Gasteiger partial charge in [-0.05, 0) is 19.1 Å². The number of hydrogen-bond donors (Lipinski definition) is 3. The summed E-state index contributed by atoms with van der Waals surface area (Å²) in [7, 11) is 0. The minimum Gasteiger partial charge on any atom is -0.387 e. The zero-order valence-electron chi connectivity index (χ0n) is 21.0. The van der Waals surface area contributed by atoms with E-state index in [9.17, 15) is 10.2 Å². The monoisotopic (exact) mass is 561 g/mol. The lowest BCUT2D eigenvalue weighted by Crippen LogP contribution is -2.32. The van der Waals surface area contributed by atoms with Crippen LogP contribution in [0.2, 0.25) is 0 Å². The number of aliphatic hydroxyl groups excluding tert-OH is 2. The second-order valence-corrected chi connectivity index (χ2v) is 11.4. The van der Waals surface area contributed by atoms with E-state index in [0.29, 0.717) is 28.4 Å². The molecule has 1 saturated heterocycles. The van der Waals surface area contributed by atoms with E-state index in [1.165, 1.54) is 18.1 Å². The summed E-state index contributed by atoms with van der Waals surface area (Å²) in [5, 5.41) is 26.8. The van der Waals surface area contributed by atoms with Gasteiger partial charge in [0.25, 0.3) is 0 Å². The third-order valence-corrected chi connectivity index (χ3v) is 8.83. The molecule has 1 aliphatic heterocycles. The molecule has 4 N–H and O–H groups in total. The van der Waals surface area contributed by atoms with Crippen LogP contribution in [0.1, 0.15) is 17.5 Å². The van der Waals surface area contributed by atoms with E-state index in [1.807, 2.05) is 73.8 Å². The Balaban J connectivity index is 1.20. The van der Waals surface area contributed by atoms with Crippen LogP contribution in [0, 0.1) is 6.92 Å². The molecular formula is C28H27N5O4S2. The van der Waals surface area contributed by atoms with Crippen LogP contribution in [0.3, 0.4) is 0 Å². The first-order valence-corrected chi connectivity index (χ1v) is 14.4. The predicted octanol–water partition coefficient (Wildman–Crippen LogP) is 4.68. The normalized spacial score (nSPS) is 21.1. The molecule has 11 heteroatoms. The Hall–Kier alpha value is -3.35. The summed E-state index contributed by atoms with van der Waals surface area (Å²) in [5.74, 6) is 2.18. The number of rotatable bonds is 8. The number of aromatic nitrogens is 4. The Morgan fingerprint density at radius 3 is 2.51 bits per heavy atom. The fourth-order valence-corrected chi connectivity index (χ4v) is 6.89. The van der Waals surface area contributed by atoms with Crippen LogP contribution in [0.4, 0.5) is 5.82 Å². The molecule has 0 amide bonds. The van der Waals surface area contributed by atoms with Crippen molar-refractivity contribution in [3.63, 3.8) is 0 Å². The number of aliphatic hydroxyl groups is 2. The highest BCUT2D eigenvalue weighted by atomic mass is 32.2. The fraction of sp³-hybridized carbons (Fsp3) is 0.250. The van der Waals surface area contributed by atoms with Gasteiger partial charge in [0.15, 0.2) is 12.0 Å². The number of anilines is 1. The summed E-state index contributed by atoms with van der Waals surface area (Å²) in [5.41, 5.74) is 9.58. The molecule has 2 aromatic carbocycles. The molecule has 3 aromatic heterocycles. The highest BCUT2D eigenvalue weighted by Crippen LogP contribution is 2.41. The van der Waals surface area contributed by atoms with Gasteiger partial charge >= 0.3 is 0 Å². The second-order valence-electron chi connectivity index (χ2n) is 9.28. The number of nitrogens with two attached hydrogens (primary N) is 1. The molecule has 4 atom stereocenters. The van der Waals surface area contributed by atoms with Crippen molar-refractivity contribution < 1.29 is 19.5 Å². The lowest BCUT2D eigenvalue weighted by atomic mass is 10.1. The van der Waals surface area contributed by atoms with Crippen molar-refractivity contribution in [2.75, 3.05) is 11.5 Å². The van der Waals surface area contributed by atoms with Crippen molar-refractivity contribution in [3.05, 3.63) is 84.4 Å². The first-order valence-electron chi connectivity index (χ1n) is 12.4. The largest absolute Gasteiger partial charge is 0.387 e. The number of benzene rings is 2. The molecule has 6 rings (SSSR count). The van der Waals surface area contributed by atoms with Crippen molar-refractivity contribution in [2.24, 2.45) is 0 Å². The van der Waals surface area contributed by atoms with Gasteiger partial charge in [0.2, 0.25) is 0 Å². The highest BCUT2D eigenvalue weighted by Gasteiger charge is 2.44. The quantitative estimate of drug-likeness (QED) is 0.245. The van der Waals surface area contributed by atoms with Gasteiger partial charge in [0.1, 0.15) is 30.0 Å². The third-order valence-electron chi connectivity index (χ3n) is 6.74. The van der Waals surface area contributed by atoms with Gasteiger partial charge in [-0.25, -0.2) is 9.97 Å². The van der Waals surface area contributed by atoms with Crippen molar-refractivity contribution in [2.45, 2.75) is 47.0 Å². The van der Waals surface area contributed by atoms with Crippen molar-refractivity contribution >= 4 is 40.4 Å². The van der Waals surface area contributed by atoms with E-state index >= 15 is 0 Å². The van der Waals surface area contributed by atoms with Gasteiger partial charge in [0, 0.05) is 38.6 Å². The molecule has 0 spiro atoms. The zero-order valence-corrected chi connectivity index (χ0v) is 22.7. The maximum absolute atomic E-state index is 11.0. The van der Waals surface area contributed by atoms with Crippen LogP contribution in [-0.2, 0) is 10.5 Å². The van der Waals surface area contributed by atoms with E-state index in [1.54, 1.807) is 16.3 Å². The molecule has 9 nitrogen and oxygen atoms in total. The summed E-state index contributed by atoms with van der Waals surface area (Å²) in [6.07, 6.45) is -0.379. The molecule has 0 radical (unpaired) electrons. The van der Waals surface area contributed by atoms with Crippen molar-refractivity contribution in [1.82, 2.24) is 19.7 Å². The summed E-state index contributed by atoms with van der Waals surface area (Å²) < 4.78 is 13.6. The summed E-state index contributed by atoms with van der Waals surface area (Å²) in [4.78, 5) is 10.5. The third kappa shape index (κ3) is 5.04. The molecule has 200 valence electrons. The van der Waals surface area contributed by atoms with Crippen molar-refractivity contribution in [1.29, 1.82) is 0 Å². The predicted molar refractivity (Wildman–Crippen MR) is 151 cm³/mol. The molecule has 5 aromatic rings. The molecule has 0 saturated carbocycles. The number of fused-ring (bicyclic) bond motifs is 1. The molecule has 1 fully saturated rings. The highest BCUT2D eigenvalue weighted by molar-refractivity contribution is 7.99. The summed E-state index contributed by atoms with van der Waals surface area (Å²) in [6, 6.07) is 19.8. The maximum atomic E-state index is 11.0. The summed E-state index contributed by atoms with van der Waals surface area (Å²) in [6.45, 7) is 1.92. The number of nitrogens with zero attached hydrogens (tertiary/aromatic N) is 4. The second kappa shape index (κ2) is 11.0. The lowest BCUT2D eigenvalue weighted by molar-refractivity contribution is -0.0287. The Bertz CT molecular complexity index is 1580. The number of hydrogen-bond acceptors (Lipinski definition) is 10. The lowest BCUT2D eigenvalue weighted by Gasteiger charge is -2.17. The number of nitrogen functional groups attached to an aromatic ring is 1. The van der Waals surface area contributed by atoms with Crippen LogP contribution < -0.4 is 5.73 Å². The van der Waals surface area contributed by atoms with Crippen LogP contribution >= 0.6 is 23.5 Å². The molecule has 0 unspecified atom stereocenters. The topological polar surface area (TPSA) is 132 Å². The molecule has 0 bridgehead atoms. The van der Waals surface area contributed by atoms with Gasteiger partial charge < -0.3 is 29.8 Å². The average molecular weight is 562 g/mol. The maximum Gasteiger partial charge on any atom is 0.171 e. The molecule has 39 heavy (non-hydrogen) atoms. The van der Waals surface area contributed by atoms with E-state index in [4.69, 9.17) is 15.0 Å². The minimum atomic E-state index is -1.14. The van der Waals surface area contributed by atoms with E-state index in [2.05, 4.69) is 15.1 Å². The number of thioether (sulfide) groups is 1. The van der Waals surface area contributed by atoms with Crippen LogP contribution in [0.25, 0.3) is 22.4 Å². The Morgan fingerprint density at radius 2 is 1.74 bits per heavy atom. The van der Waals surface area contributed by atoms with Crippen LogP contribution in [0.15, 0.2) is 87.5 Å². The Labute approximate surface area is 233 Å². The van der Waals surface area contributed by atoms with Crippen LogP contribution in [0.5, 0.6) is 0 Å². The van der Waals surface area contributed by atoms with E-state index in [-0.39, 0.29) is 0 Å². The average Bonchev–Trinajstić information content (AvgIpc) is 3.60. The SMILES string of the molecule is Cc1noc(-c2ccccc2)c1CSC[C@H]1O[C@@H](n2cc(Sc3ccccc3)c3c(N)ncnc32)[C@H](O)[C@@H]1O. The van der Waals surface area contributed by atoms with E-state index in [0.717, 1.165) is 32.4 Å². The van der Waals surface area contributed by atoms with Crippen LogP contribution in [-0.4, -0.2) is 54.0 Å². The van der Waals surface area contributed by atoms with Crippen molar-refractivity contribution in [3.8, 4) is 11.3 Å². The first-order chi connectivity index (χ1) is 19.0. The number of ether oxygens (including phenoxy) is 1. The Morgan fingerprint density at radius 1 is 1.00 bits per heavy atom. The fourth-order valence-electron chi connectivity index (χ4n) is 4.71. The summed E-state index contributed by atoms with van der Waals surface area (Å²) >= 11 is 3.12. The van der Waals surface area contributed by atoms with Gasteiger partial charge in [0.05, 0.1) is 17.2 Å². The van der Waals surface area contributed by atoms with Gasteiger partial charge in [-0.2, -0.15) is 11.8 Å². The van der Waals surface area contributed by atoms with Gasteiger partial charge in [-0.1, -0.05) is 65.4 Å². The molecule has 0 aliphatic carbocycles. The molecule has 4 heterocycles. The molecule has 1 aliphatic rings. The van der Waals surface area contributed by atoms with E-state index < -0.39 is 24.5 Å². The van der Waals surface area contributed by atoms with Gasteiger partial charge in [-0.15, -0.1) is 0 Å². The standard InChI is InChI=1S/C28H27N5O4S2/c1-16-19(25(37-32-16)17-8-4-2-5-9-17)13-38-14-20-23(34)24(35)28(36-20)33-12-21(39-18-10-6-3-7-11-18)22-26(29)30-15-31-27(22)33/h2-12,15,20,23-24,28,34-35H,13-14H2,1H3,(H2,29,30,31)/t20-,23-,24-,28-/m1/s1. The molecular weight excluding hydrogens is 534 g/mol. The first kappa shape index (κ1) is 25.9. The van der Waals surface area contributed by atoms with Gasteiger partial charge in [-0.3, -0.25) is 0 Å². The minimum absolute atomic E-state index is 0.343. The Kier molecular flexibility index (Phi) is 7.32. The number of aryl methyl sites for hydroxylation is 1. The zero-order chi connectivity index (χ0) is 26.9. The smallest absolute Gasteiger partial charge is 0.171 e.